The summed E-state index contributed by atoms with van der Waals surface area (Å²) in [6.07, 6.45) is 70.0. The zero-order valence-electron chi connectivity index (χ0n) is 49.9. The fourth-order valence-electron chi connectivity index (χ4n) is 8.58. The summed E-state index contributed by atoms with van der Waals surface area (Å²) in [5, 5.41) is 9.81. The lowest BCUT2D eigenvalue weighted by Gasteiger charge is -2.21. The summed E-state index contributed by atoms with van der Waals surface area (Å²) in [4.78, 5) is 48.6. The fraction of sp³-hybridized carbons (Fsp3) is 0.742. The number of phosphoric acid groups is 1. The Labute approximate surface area is 477 Å². The van der Waals surface area contributed by atoms with Crippen LogP contribution in [0, 0.1) is 0 Å². The number of allylic oxidation sites excluding steroid dienone is 13. The predicted molar refractivity (Wildman–Crippen MR) is 325 cm³/mol. The van der Waals surface area contributed by atoms with Crippen LogP contribution in [-0.2, 0) is 42.2 Å². The molecule has 78 heavy (non-hydrogen) atoms. The third kappa shape index (κ3) is 57.3. The number of esters is 3. The van der Waals surface area contributed by atoms with E-state index in [1.807, 2.05) is 18.2 Å². The monoisotopic (exact) mass is 1110 g/mol. The van der Waals surface area contributed by atoms with Gasteiger partial charge in [-0.2, -0.15) is 0 Å². The van der Waals surface area contributed by atoms with Gasteiger partial charge in [0.25, 0.3) is 0 Å². The maximum atomic E-state index is 12.9. The van der Waals surface area contributed by atoms with E-state index in [0.29, 0.717) is 19.3 Å². The molecule has 0 aliphatic heterocycles. The fourth-order valence-corrected chi connectivity index (χ4v) is 9.37. The number of rotatable bonds is 58. The second kappa shape index (κ2) is 59.8. The lowest BCUT2D eigenvalue weighted by Crippen LogP contribution is -2.30. The molecule has 0 bridgehead atoms. The summed E-state index contributed by atoms with van der Waals surface area (Å²) in [7, 11) is -4.78. The highest BCUT2D eigenvalue weighted by atomic mass is 31.2. The molecule has 0 aromatic heterocycles. The minimum Gasteiger partial charge on any atom is -0.462 e. The van der Waals surface area contributed by atoms with Gasteiger partial charge in [-0.15, -0.1) is 0 Å². The number of carbonyl (C=O) groups excluding carboxylic acids is 3. The quantitative estimate of drug-likeness (QED) is 0.0197. The molecule has 11 nitrogen and oxygen atoms in total. The standard InChI is InChI=1S/C66H115O11P/c1-4-7-10-13-16-19-22-25-28-30-31-33-35-37-40-43-46-49-52-55-64(68)73-59-63(77-66(70)57-54-51-48-45-42-39-36-32-29-26-23-20-17-14-11-8-5-2)61-75-78(71,72)74-60-62(58-67)76-65(69)56-53-50-47-44-41-38-34-27-24-21-18-15-12-9-6-3/h9,12,17-18,20-21,26-27,29,34,41,44,50,53,62-63,67H,4-8,10-11,13-16,19,22-25,28,30-33,35-40,42-43,45-49,51-52,54-61H2,1-3H3,(H,71,72)/b12-9-,20-17-,21-18-,29-26-,34-27-,44-41-,53-50-. The number of hydrogen-bond acceptors (Lipinski definition) is 10. The molecule has 0 fully saturated rings. The first-order valence-corrected chi connectivity index (χ1v) is 33.0. The number of phosphoric ester groups is 1. The number of aliphatic hydroxyl groups is 1. The summed E-state index contributed by atoms with van der Waals surface area (Å²) < 4.78 is 39.5. The highest BCUT2D eigenvalue weighted by Crippen LogP contribution is 2.43. The Morgan fingerprint density at radius 3 is 1.15 bits per heavy atom. The molecule has 2 N–H and O–H groups in total. The summed E-state index contributed by atoms with van der Waals surface area (Å²) in [6, 6.07) is 0. The third-order valence-corrected chi connectivity index (χ3v) is 14.3. The molecule has 0 radical (unpaired) electrons. The van der Waals surface area contributed by atoms with Crippen molar-refractivity contribution in [2.24, 2.45) is 0 Å². The Morgan fingerprint density at radius 1 is 0.385 bits per heavy atom. The van der Waals surface area contributed by atoms with Crippen LogP contribution in [0.2, 0.25) is 0 Å². The summed E-state index contributed by atoms with van der Waals surface area (Å²) in [5.41, 5.74) is 0. The van der Waals surface area contributed by atoms with Gasteiger partial charge in [-0.1, -0.05) is 266 Å². The molecular weight excluding hydrogens is 1000 g/mol. The number of aliphatic hydroxyl groups excluding tert-OH is 1. The summed E-state index contributed by atoms with van der Waals surface area (Å²) in [5.74, 6) is -1.60. The zero-order chi connectivity index (χ0) is 56.9. The smallest absolute Gasteiger partial charge is 0.462 e. The average Bonchev–Trinajstić information content (AvgIpc) is 3.43. The molecule has 0 saturated heterocycles. The molecule has 0 heterocycles. The van der Waals surface area contributed by atoms with E-state index in [0.717, 1.165) is 83.5 Å². The van der Waals surface area contributed by atoms with E-state index < -0.39 is 57.8 Å². The van der Waals surface area contributed by atoms with Gasteiger partial charge in [-0.3, -0.25) is 23.4 Å². The molecule has 0 aliphatic rings. The second-order valence-electron chi connectivity index (χ2n) is 20.9. The SMILES string of the molecule is CC/C=C\C/C=C\C/C=C\C/C=C\C/C=C\CC(=O)OC(CO)COP(=O)(O)OCC(COC(=O)CCCCCCCCCCCCCCCCCCCCC)OC(=O)CCCCCCCCC/C=C\C/C=C\CCCCC. The Kier molecular flexibility index (Phi) is 57.2. The molecule has 0 aromatic carbocycles. The zero-order valence-corrected chi connectivity index (χ0v) is 50.8. The van der Waals surface area contributed by atoms with E-state index in [1.165, 1.54) is 135 Å². The first-order valence-electron chi connectivity index (χ1n) is 31.5. The van der Waals surface area contributed by atoms with Crippen molar-refractivity contribution in [2.45, 2.75) is 290 Å². The van der Waals surface area contributed by atoms with Gasteiger partial charge in [0.1, 0.15) is 12.7 Å². The molecule has 0 spiro atoms. The van der Waals surface area contributed by atoms with Gasteiger partial charge in [0.2, 0.25) is 0 Å². The topological polar surface area (TPSA) is 155 Å². The Balaban J connectivity index is 4.77. The molecule has 3 atom stereocenters. The van der Waals surface area contributed by atoms with Crippen molar-refractivity contribution >= 4 is 25.7 Å². The van der Waals surface area contributed by atoms with Crippen LogP contribution in [0.3, 0.4) is 0 Å². The summed E-state index contributed by atoms with van der Waals surface area (Å²) in [6.45, 7) is 4.43. The Bertz CT molecular complexity index is 1630. The van der Waals surface area contributed by atoms with Gasteiger partial charge in [-0.05, 0) is 77.0 Å². The van der Waals surface area contributed by atoms with Gasteiger partial charge in [-0.25, -0.2) is 4.57 Å². The van der Waals surface area contributed by atoms with E-state index in [9.17, 15) is 28.9 Å². The highest BCUT2D eigenvalue weighted by Gasteiger charge is 2.28. The molecule has 0 aliphatic carbocycles. The maximum absolute atomic E-state index is 12.9. The van der Waals surface area contributed by atoms with Crippen molar-refractivity contribution in [3.8, 4) is 0 Å². The van der Waals surface area contributed by atoms with Crippen molar-refractivity contribution in [3.63, 3.8) is 0 Å². The molecule has 3 unspecified atom stereocenters. The predicted octanol–water partition coefficient (Wildman–Crippen LogP) is 19.0. The second-order valence-corrected chi connectivity index (χ2v) is 22.3. The van der Waals surface area contributed by atoms with E-state index in [4.69, 9.17) is 23.3 Å². The molecule has 0 amide bonds. The molecule has 12 heteroatoms. The summed E-state index contributed by atoms with van der Waals surface area (Å²) >= 11 is 0. The van der Waals surface area contributed by atoms with Crippen molar-refractivity contribution in [2.75, 3.05) is 26.4 Å². The van der Waals surface area contributed by atoms with Crippen LogP contribution in [0.25, 0.3) is 0 Å². The Hall–Kier alpha value is -3.34. The van der Waals surface area contributed by atoms with E-state index in [-0.39, 0.29) is 25.9 Å². The minimum absolute atomic E-state index is 0.0570. The average molecular weight is 1120 g/mol. The van der Waals surface area contributed by atoms with Gasteiger partial charge >= 0.3 is 25.7 Å². The van der Waals surface area contributed by atoms with Gasteiger partial charge in [0.15, 0.2) is 6.10 Å². The maximum Gasteiger partial charge on any atom is 0.472 e. The van der Waals surface area contributed by atoms with E-state index in [2.05, 4.69) is 81.5 Å². The highest BCUT2D eigenvalue weighted by molar-refractivity contribution is 7.47. The molecule has 450 valence electrons. The molecular formula is C66H115O11P. The number of carbonyl (C=O) groups is 3. The Morgan fingerprint density at radius 2 is 0.718 bits per heavy atom. The number of ether oxygens (including phenoxy) is 3. The van der Waals surface area contributed by atoms with Crippen LogP contribution < -0.4 is 0 Å². The van der Waals surface area contributed by atoms with Crippen molar-refractivity contribution in [1.82, 2.24) is 0 Å². The first kappa shape index (κ1) is 74.7. The molecule has 0 rings (SSSR count). The third-order valence-electron chi connectivity index (χ3n) is 13.3. The van der Waals surface area contributed by atoms with Crippen molar-refractivity contribution in [1.29, 1.82) is 0 Å². The lowest BCUT2D eigenvalue weighted by atomic mass is 10.0. The number of unbranched alkanes of at least 4 members (excludes halogenated alkanes) is 28. The van der Waals surface area contributed by atoms with Crippen molar-refractivity contribution < 1.29 is 52.2 Å². The van der Waals surface area contributed by atoms with Crippen LogP contribution in [0.5, 0.6) is 0 Å². The molecule has 0 aromatic rings. The van der Waals surface area contributed by atoms with Crippen molar-refractivity contribution in [3.05, 3.63) is 85.1 Å². The minimum atomic E-state index is -4.78. The van der Waals surface area contributed by atoms with Crippen LogP contribution in [0.4, 0.5) is 0 Å². The van der Waals surface area contributed by atoms with E-state index in [1.54, 1.807) is 6.08 Å². The number of hydrogen-bond donors (Lipinski definition) is 2. The normalized spacial score (nSPS) is 13.9. The molecule has 0 saturated carbocycles. The van der Waals surface area contributed by atoms with Crippen LogP contribution in [-0.4, -0.2) is 66.5 Å². The lowest BCUT2D eigenvalue weighted by molar-refractivity contribution is -0.161. The largest absolute Gasteiger partial charge is 0.472 e. The van der Waals surface area contributed by atoms with Gasteiger partial charge in [0, 0.05) is 12.8 Å². The van der Waals surface area contributed by atoms with Crippen LogP contribution in [0.1, 0.15) is 278 Å². The van der Waals surface area contributed by atoms with Gasteiger partial charge in [0.05, 0.1) is 26.2 Å². The van der Waals surface area contributed by atoms with E-state index >= 15 is 0 Å². The van der Waals surface area contributed by atoms with Crippen LogP contribution in [0.15, 0.2) is 85.1 Å². The van der Waals surface area contributed by atoms with Crippen LogP contribution >= 0.6 is 7.82 Å². The van der Waals surface area contributed by atoms with Gasteiger partial charge < -0.3 is 24.2 Å². The first-order chi connectivity index (χ1) is 38.2.